The molecule has 156 valence electrons. The topological polar surface area (TPSA) is 48.1 Å². The summed E-state index contributed by atoms with van der Waals surface area (Å²) < 4.78 is 5.15. The van der Waals surface area contributed by atoms with Gasteiger partial charge in [-0.15, -0.1) is 0 Å². The first kappa shape index (κ1) is 21.1. The van der Waals surface area contributed by atoms with Crippen LogP contribution in [-0.2, 0) is 11.3 Å². The van der Waals surface area contributed by atoms with Gasteiger partial charge in [0.25, 0.3) is 0 Å². The molecule has 28 heavy (non-hydrogen) atoms. The van der Waals surface area contributed by atoms with E-state index < -0.39 is 0 Å². The average Bonchev–Trinajstić information content (AvgIpc) is 2.74. The van der Waals surface area contributed by atoms with E-state index in [0.717, 1.165) is 71.6 Å². The highest BCUT2D eigenvalue weighted by Gasteiger charge is 2.27. The normalized spacial score (nSPS) is 20.2. The molecule has 0 aromatic heterocycles. The average molecular weight is 389 g/mol. The molecule has 0 spiro atoms. The van der Waals surface area contributed by atoms with Crippen molar-refractivity contribution in [2.45, 2.75) is 44.3 Å². The summed E-state index contributed by atoms with van der Waals surface area (Å²) in [7, 11) is 3.70. The Morgan fingerprint density at radius 2 is 1.71 bits per heavy atom. The first-order valence-electron chi connectivity index (χ1n) is 10.7. The maximum absolute atomic E-state index is 12.7. The van der Waals surface area contributed by atoms with E-state index in [2.05, 4.69) is 45.4 Å². The van der Waals surface area contributed by atoms with E-state index in [0.29, 0.717) is 12.1 Å². The van der Waals surface area contributed by atoms with E-state index in [-0.39, 0.29) is 6.03 Å². The van der Waals surface area contributed by atoms with Gasteiger partial charge < -0.3 is 19.9 Å². The third kappa shape index (κ3) is 6.19. The monoisotopic (exact) mass is 388 g/mol. The van der Waals surface area contributed by atoms with Crippen LogP contribution in [-0.4, -0.2) is 86.3 Å². The summed E-state index contributed by atoms with van der Waals surface area (Å²) in [5, 5.41) is 3.26. The van der Waals surface area contributed by atoms with Gasteiger partial charge in [0.2, 0.25) is 0 Å². The Balaban J connectivity index is 1.36. The number of benzene rings is 1. The first-order chi connectivity index (χ1) is 13.7. The molecule has 0 saturated carbocycles. The van der Waals surface area contributed by atoms with Crippen LogP contribution in [0.4, 0.5) is 4.79 Å². The summed E-state index contributed by atoms with van der Waals surface area (Å²) in [5.74, 6) is 0. The molecule has 6 nitrogen and oxygen atoms in total. The highest BCUT2D eigenvalue weighted by Crippen LogP contribution is 2.18. The van der Waals surface area contributed by atoms with Gasteiger partial charge in [0, 0.05) is 65.5 Å². The second-order valence-corrected chi connectivity index (χ2v) is 8.16. The lowest BCUT2D eigenvalue weighted by molar-refractivity contribution is 0.116. The van der Waals surface area contributed by atoms with Gasteiger partial charge in [0.1, 0.15) is 0 Å². The fourth-order valence-corrected chi connectivity index (χ4v) is 4.27. The Kier molecular flexibility index (Phi) is 8.13. The fourth-order valence-electron chi connectivity index (χ4n) is 4.27. The molecule has 1 N–H and O–H groups in total. The van der Waals surface area contributed by atoms with Gasteiger partial charge in [-0.25, -0.2) is 4.79 Å². The smallest absolute Gasteiger partial charge is 0.317 e. The first-order valence-corrected chi connectivity index (χ1v) is 10.7. The zero-order valence-corrected chi connectivity index (χ0v) is 17.5. The number of carbonyl (C=O) groups is 1. The molecule has 0 unspecified atom stereocenters. The van der Waals surface area contributed by atoms with E-state index in [1.54, 1.807) is 7.11 Å². The van der Waals surface area contributed by atoms with E-state index in [1.165, 1.54) is 5.56 Å². The predicted molar refractivity (Wildman–Crippen MR) is 112 cm³/mol. The molecule has 0 atom stereocenters. The number of nitrogens with one attached hydrogen (secondary N) is 1. The number of amides is 2. The number of hydrogen-bond donors (Lipinski definition) is 1. The lowest BCUT2D eigenvalue weighted by Gasteiger charge is -2.38. The molecule has 0 radical (unpaired) electrons. The van der Waals surface area contributed by atoms with Crippen LogP contribution < -0.4 is 5.32 Å². The van der Waals surface area contributed by atoms with Crippen LogP contribution in [0.1, 0.15) is 31.2 Å². The summed E-state index contributed by atoms with van der Waals surface area (Å²) in [4.78, 5) is 19.6. The summed E-state index contributed by atoms with van der Waals surface area (Å²) in [6, 6.07) is 11.4. The number of methoxy groups -OCH3 is 1. The van der Waals surface area contributed by atoms with Gasteiger partial charge in [-0.05, 0) is 31.2 Å². The van der Waals surface area contributed by atoms with Crippen molar-refractivity contribution in [3.8, 4) is 0 Å². The molecule has 2 aliphatic heterocycles. The largest absolute Gasteiger partial charge is 0.383 e. The second-order valence-electron chi connectivity index (χ2n) is 8.16. The zero-order chi connectivity index (χ0) is 19.8. The van der Waals surface area contributed by atoms with Crippen LogP contribution in [0.2, 0.25) is 0 Å². The van der Waals surface area contributed by atoms with Gasteiger partial charge in [-0.2, -0.15) is 0 Å². The van der Waals surface area contributed by atoms with Crippen LogP contribution in [0.15, 0.2) is 30.3 Å². The number of carbonyl (C=O) groups excluding carboxylic acids is 1. The minimum atomic E-state index is 0.0943. The Morgan fingerprint density at radius 3 is 2.36 bits per heavy atom. The summed E-state index contributed by atoms with van der Waals surface area (Å²) in [5.41, 5.74) is 1.36. The Morgan fingerprint density at radius 1 is 1.07 bits per heavy atom. The molecule has 2 saturated heterocycles. The van der Waals surface area contributed by atoms with Gasteiger partial charge in [-0.1, -0.05) is 30.3 Å². The lowest BCUT2D eigenvalue weighted by Crippen LogP contribution is -2.52. The number of urea groups is 1. The Bertz CT molecular complexity index is 581. The Hall–Kier alpha value is -1.63. The van der Waals surface area contributed by atoms with Crippen molar-refractivity contribution in [1.29, 1.82) is 0 Å². The molecule has 6 heteroatoms. The molecule has 1 aromatic carbocycles. The van der Waals surface area contributed by atoms with E-state index in [9.17, 15) is 4.79 Å². The van der Waals surface area contributed by atoms with Crippen molar-refractivity contribution in [3.05, 3.63) is 35.9 Å². The molecule has 1 aromatic rings. The third-order valence-electron chi connectivity index (χ3n) is 6.20. The standard InChI is InChI=1S/C22H36N4O2/c1-24(22(27)23-20-8-12-25(13-9-20)16-17-28-2)21-10-14-26(15-11-21)18-19-6-4-3-5-7-19/h3-7,20-21H,8-18H2,1-2H3,(H,23,27). The molecule has 2 amide bonds. The molecular weight excluding hydrogens is 352 g/mol. The molecule has 0 bridgehead atoms. The van der Waals surface area contributed by atoms with E-state index in [1.807, 2.05) is 11.9 Å². The van der Waals surface area contributed by atoms with Crippen molar-refractivity contribution in [2.24, 2.45) is 0 Å². The molecule has 3 rings (SSSR count). The van der Waals surface area contributed by atoms with Crippen LogP contribution in [0.5, 0.6) is 0 Å². The van der Waals surface area contributed by atoms with Crippen LogP contribution in [0.3, 0.4) is 0 Å². The Labute approximate surface area is 169 Å². The predicted octanol–water partition coefficient (Wildman–Crippen LogP) is 2.40. The highest BCUT2D eigenvalue weighted by molar-refractivity contribution is 5.74. The molecule has 2 fully saturated rings. The molecule has 0 aliphatic carbocycles. The fraction of sp³-hybridized carbons (Fsp3) is 0.682. The minimum Gasteiger partial charge on any atom is -0.383 e. The number of likely N-dealkylation sites (tertiary alicyclic amines) is 2. The number of piperidine rings is 2. The number of rotatable bonds is 7. The number of ether oxygens (including phenoxy) is 1. The molecular formula is C22H36N4O2. The summed E-state index contributed by atoms with van der Waals surface area (Å²) in [6.45, 7) is 6.95. The zero-order valence-electron chi connectivity index (χ0n) is 17.5. The SMILES string of the molecule is COCCN1CCC(NC(=O)N(C)C2CCN(Cc3ccccc3)CC2)CC1. The number of nitrogens with zero attached hydrogens (tertiary/aromatic N) is 3. The lowest BCUT2D eigenvalue weighted by atomic mass is 10.0. The van der Waals surface area contributed by atoms with E-state index in [4.69, 9.17) is 4.74 Å². The van der Waals surface area contributed by atoms with Gasteiger partial charge in [0.15, 0.2) is 0 Å². The van der Waals surface area contributed by atoms with Crippen molar-refractivity contribution >= 4 is 6.03 Å². The third-order valence-corrected chi connectivity index (χ3v) is 6.20. The maximum Gasteiger partial charge on any atom is 0.317 e. The van der Waals surface area contributed by atoms with Crippen LogP contribution in [0.25, 0.3) is 0 Å². The minimum absolute atomic E-state index is 0.0943. The number of hydrogen-bond acceptors (Lipinski definition) is 4. The quantitative estimate of drug-likeness (QED) is 0.779. The molecule has 2 aliphatic rings. The van der Waals surface area contributed by atoms with Crippen molar-refractivity contribution in [3.63, 3.8) is 0 Å². The molecule has 2 heterocycles. The maximum atomic E-state index is 12.7. The van der Waals surface area contributed by atoms with Crippen molar-refractivity contribution < 1.29 is 9.53 Å². The van der Waals surface area contributed by atoms with Crippen LogP contribution in [0, 0.1) is 0 Å². The van der Waals surface area contributed by atoms with E-state index >= 15 is 0 Å². The summed E-state index contributed by atoms with van der Waals surface area (Å²) >= 11 is 0. The van der Waals surface area contributed by atoms with Crippen LogP contribution >= 0.6 is 0 Å². The van der Waals surface area contributed by atoms with Crippen molar-refractivity contribution in [2.75, 3.05) is 53.5 Å². The second kappa shape index (κ2) is 10.8. The van der Waals surface area contributed by atoms with Gasteiger partial charge >= 0.3 is 6.03 Å². The van der Waals surface area contributed by atoms with Crippen molar-refractivity contribution in [1.82, 2.24) is 20.0 Å². The summed E-state index contributed by atoms with van der Waals surface area (Å²) in [6.07, 6.45) is 4.15. The van der Waals surface area contributed by atoms with Gasteiger partial charge in [-0.3, -0.25) is 4.90 Å². The highest BCUT2D eigenvalue weighted by atomic mass is 16.5. The van der Waals surface area contributed by atoms with Gasteiger partial charge in [0.05, 0.1) is 6.61 Å².